The van der Waals surface area contributed by atoms with E-state index in [0.29, 0.717) is 4.90 Å². The van der Waals surface area contributed by atoms with Crippen molar-refractivity contribution in [2.45, 2.75) is 43.7 Å². The van der Waals surface area contributed by atoms with Crippen molar-refractivity contribution in [1.82, 2.24) is 5.32 Å². The van der Waals surface area contributed by atoms with Crippen LogP contribution in [0.4, 0.5) is 4.79 Å². The molecule has 0 aromatic heterocycles. The molecular weight excluding hydrogens is 448 g/mol. The van der Waals surface area contributed by atoms with Gasteiger partial charge in [-0.2, -0.15) is 4.36 Å². The van der Waals surface area contributed by atoms with Crippen LogP contribution in [0.15, 0.2) is 94.2 Å². The first-order chi connectivity index (χ1) is 16.0. The van der Waals surface area contributed by atoms with Gasteiger partial charge in [0.1, 0.15) is 11.6 Å². The molecule has 0 saturated heterocycles. The minimum Gasteiger partial charge on any atom is -0.444 e. The third kappa shape index (κ3) is 7.28. The summed E-state index contributed by atoms with van der Waals surface area (Å²) in [6.45, 7) is 5.22. The van der Waals surface area contributed by atoms with E-state index >= 15 is 0 Å². The van der Waals surface area contributed by atoms with Crippen LogP contribution in [0.5, 0.6) is 0 Å². The lowest BCUT2D eigenvalue weighted by atomic mass is 10.1. The zero-order valence-corrected chi connectivity index (χ0v) is 20.7. The second-order valence-corrected chi connectivity index (χ2v) is 11.3. The van der Waals surface area contributed by atoms with E-state index in [0.717, 1.165) is 16.7 Å². The first kappa shape index (κ1) is 25.2. The van der Waals surface area contributed by atoms with E-state index in [1.807, 2.05) is 72.8 Å². The molecule has 2 atom stereocenters. The molecule has 178 valence electrons. The first-order valence-electron chi connectivity index (χ1n) is 11.0. The lowest BCUT2D eigenvalue weighted by molar-refractivity contribution is -0.119. The molecule has 1 N–H and O–H groups in total. The quantitative estimate of drug-likeness (QED) is 0.509. The van der Waals surface area contributed by atoms with E-state index in [-0.39, 0.29) is 6.42 Å². The smallest absolute Gasteiger partial charge is 0.408 e. The van der Waals surface area contributed by atoms with Crippen molar-refractivity contribution in [3.8, 4) is 11.1 Å². The van der Waals surface area contributed by atoms with Gasteiger partial charge in [-0.3, -0.25) is 4.79 Å². The minimum atomic E-state index is -3.03. The molecule has 6 nitrogen and oxygen atoms in total. The average Bonchev–Trinajstić information content (AvgIpc) is 2.78. The summed E-state index contributed by atoms with van der Waals surface area (Å²) in [5.41, 5.74) is 2.12. The van der Waals surface area contributed by atoms with Crippen LogP contribution in [-0.4, -0.2) is 34.1 Å². The second kappa shape index (κ2) is 10.7. The fourth-order valence-corrected chi connectivity index (χ4v) is 4.54. The zero-order chi connectivity index (χ0) is 24.8. The van der Waals surface area contributed by atoms with Crippen molar-refractivity contribution in [3.63, 3.8) is 0 Å². The van der Waals surface area contributed by atoms with Gasteiger partial charge in [0.15, 0.2) is 0 Å². The fraction of sp³-hybridized carbons (Fsp3) is 0.259. The minimum absolute atomic E-state index is 0.199. The van der Waals surface area contributed by atoms with Gasteiger partial charge in [-0.1, -0.05) is 72.8 Å². The molecule has 3 rings (SSSR count). The monoisotopic (exact) mass is 478 g/mol. The number of hydrogen-bond acceptors (Lipinski definition) is 4. The van der Waals surface area contributed by atoms with Gasteiger partial charge in [0.25, 0.3) is 5.91 Å². The van der Waals surface area contributed by atoms with E-state index in [9.17, 15) is 13.8 Å². The van der Waals surface area contributed by atoms with Crippen molar-refractivity contribution in [2.24, 2.45) is 4.36 Å². The second-order valence-electron chi connectivity index (χ2n) is 9.01. The van der Waals surface area contributed by atoms with E-state index in [1.54, 1.807) is 32.9 Å². The Bertz CT molecular complexity index is 1240. The molecule has 3 aromatic carbocycles. The van der Waals surface area contributed by atoms with E-state index < -0.39 is 33.4 Å². The number of amides is 2. The van der Waals surface area contributed by atoms with Gasteiger partial charge in [-0.05, 0) is 49.6 Å². The molecule has 2 amide bonds. The summed E-state index contributed by atoms with van der Waals surface area (Å²) >= 11 is 0. The highest BCUT2D eigenvalue weighted by Crippen LogP contribution is 2.22. The SMILES string of the molecule is CC(C)(C)OC(=O)N[C@@H](Cc1ccccc1)C(=O)N=[S@@](C)(=O)c1ccc(-c2ccccc2)cc1. The van der Waals surface area contributed by atoms with Gasteiger partial charge in [0.05, 0.1) is 9.73 Å². The topological polar surface area (TPSA) is 84.8 Å². The Labute approximate surface area is 201 Å². The molecule has 3 aromatic rings. The van der Waals surface area contributed by atoms with Crippen molar-refractivity contribution < 1.29 is 18.5 Å². The maximum absolute atomic E-state index is 13.4. The fourth-order valence-electron chi connectivity index (χ4n) is 3.32. The first-order valence-corrected chi connectivity index (χ1v) is 12.9. The molecular formula is C27H30N2O4S. The number of carbonyl (C=O) groups excluding carboxylic acids is 2. The third-order valence-corrected chi connectivity index (χ3v) is 6.61. The molecule has 34 heavy (non-hydrogen) atoms. The zero-order valence-electron chi connectivity index (χ0n) is 19.9. The molecule has 0 spiro atoms. The molecule has 0 aliphatic heterocycles. The van der Waals surface area contributed by atoms with E-state index in [4.69, 9.17) is 4.74 Å². The summed E-state index contributed by atoms with van der Waals surface area (Å²) in [5, 5.41) is 2.60. The van der Waals surface area contributed by atoms with Crippen LogP contribution in [0.2, 0.25) is 0 Å². The van der Waals surface area contributed by atoms with E-state index in [1.165, 1.54) is 6.26 Å². The van der Waals surface area contributed by atoms with Gasteiger partial charge < -0.3 is 10.1 Å². The number of rotatable bonds is 6. The van der Waals surface area contributed by atoms with Gasteiger partial charge in [0.2, 0.25) is 0 Å². The maximum Gasteiger partial charge on any atom is 0.408 e. The molecule has 0 radical (unpaired) electrons. The number of nitrogens with one attached hydrogen (secondary N) is 1. The van der Waals surface area contributed by atoms with Crippen LogP contribution < -0.4 is 5.32 Å². The van der Waals surface area contributed by atoms with Crippen molar-refractivity contribution >= 4 is 21.7 Å². The standard InChI is InChI=1S/C27H30N2O4S/c1-27(2,3)33-26(31)28-24(19-20-11-7-5-8-12-20)25(30)29-34(4,32)23-17-15-22(16-18-23)21-13-9-6-10-14-21/h5-18,24H,19H2,1-4H3,(H,28,31)/t24-,34-/m0/s1. The molecule has 0 aliphatic carbocycles. The van der Waals surface area contributed by atoms with Gasteiger partial charge >= 0.3 is 6.09 Å². The molecule has 0 saturated carbocycles. The Morgan fingerprint density at radius 1 is 0.882 bits per heavy atom. The van der Waals surface area contributed by atoms with Crippen LogP contribution in [0.3, 0.4) is 0 Å². The Kier molecular flexibility index (Phi) is 7.89. The summed E-state index contributed by atoms with van der Waals surface area (Å²) in [6.07, 6.45) is 0.896. The van der Waals surface area contributed by atoms with Crippen LogP contribution in [0.25, 0.3) is 11.1 Å². The predicted octanol–water partition coefficient (Wildman–Crippen LogP) is 5.47. The number of carbonyl (C=O) groups is 2. The van der Waals surface area contributed by atoms with Crippen LogP contribution >= 0.6 is 0 Å². The Morgan fingerprint density at radius 2 is 1.41 bits per heavy atom. The largest absolute Gasteiger partial charge is 0.444 e. The number of hydrogen-bond donors (Lipinski definition) is 1. The van der Waals surface area contributed by atoms with E-state index in [2.05, 4.69) is 9.68 Å². The Morgan fingerprint density at radius 3 is 1.97 bits per heavy atom. The van der Waals surface area contributed by atoms with Crippen LogP contribution in [0, 0.1) is 0 Å². The van der Waals surface area contributed by atoms with Gasteiger partial charge in [0, 0.05) is 17.6 Å². The van der Waals surface area contributed by atoms with Crippen molar-refractivity contribution in [1.29, 1.82) is 0 Å². The molecule has 0 aliphatic rings. The molecule has 7 heteroatoms. The Balaban J connectivity index is 1.85. The highest BCUT2D eigenvalue weighted by atomic mass is 32.2. The summed E-state index contributed by atoms with van der Waals surface area (Å²) < 4.78 is 22.7. The summed E-state index contributed by atoms with van der Waals surface area (Å²) in [4.78, 5) is 25.9. The lowest BCUT2D eigenvalue weighted by Crippen LogP contribution is -2.44. The summed E-state index contributed by atoms with van der Waals surface area (Å²) in [6, 6.07) is 25.2. The van der Waals surface area contributed by atoms with Crippen molar-refractivity contribution in [3.05, 3.63) is 90.5 Å². The number of ether oxygens (including phenoxy) is 1. The highest BCUT2D eigenvalue weighted by molar-refractivity contribution is 7.93. The summed E-state index contributed by atoms with van der Waals surface area (Å²) in [5.74, 6) is -0.672. The van der Waals surface area contributed by atoms with Gasteiger partial charge in [-0.25, -0.2) is 9.00 Å². The van der Waals surface area contributed by atoms with Crippen LogP contribution in [-0.2, 0) is 25.7 Å². The number of benzene rings is 3. The predicted molar refractivity (Wildman–Crippen MR) is 135 cm³/mol. The average molecular weight is 479 g/mol. The molecule has 0 bridgehead atoms. The third-order valence-electron chi connectivity index (χ3n) is 4.93. The van der Waals surface area contributed by atoms with Crippen LogP contribution in [0.1, 0.15) is 26.3 Å². The number of alkyl carbamates (subject to hydrolysis) is 1. The summed E-state index contributed by atoms with van der Waals surface area (Å²) in [7, 11) is -3.03. The molecule has 0 unspecified atom stereocenters. The lowest BCUT2D eigenvalue weighted by Gasteiger charge is -2.22. The number of nitrogens with zero attached hydrogens (tertiary/aromatic N) is 1. The Hall–Kier alpha value is -3.45. The van der Waals surface area contributed by atoms with Crippen molar-refractivity contribution in [2.75, 3.05) is 6.26 Å². The normalized spacial score (nSPS) is 13.9. The molecule has 0 heterocycles. The highest BCUT2D eigenvalue weighted by Gasteiger charge is 2.26. The maximum atomic E-state index is 13.4. The van der Waals surface area contributed by atoms with Gasteiger partial charge in [-0.15, -0.1) is 0 Å². The molecule has 0 fully saturated rings.